The summed E-state index contributed by atoms with van der Waals surface area (Å²) < 4.78 is 12.9. The fourth-order valence-corrected chi connectivity index (χ4v) is 3.01. The number of nitrogens with one attached hydrogen (secondary N) is 1. The summed E-state index contributed by atoms with van der Waals surface area (Å²) in [5.41, 5.74) is 3.34. The molecule has 1 aliphatic heterocycles. The Hall–Kier alpha value is -3.09. The maximum absolute atomic E-state index is 12.4. The maximum Gasteiger partial charge on any atom is 0.251 e. The molecule has 134 valence electrons. The van der Waals surface area contributed by atoms with Crippen molar-refractivity contribution in [3.05, 3.63) is 47.5 Å². The first-order chi connectivity index (χ1) is 12.7. The monoisotopic (exact) mass is 352 g/mol. The summed E-state index contributed by atoms with van der Waals surface area (Å²) >= 11 is 0. The standard InChI is InChI=1S/C19H20N4O3/c1-2-23-16-5-4-14(12-15(16)21-22-23)19(24)20-8-7-13-3-6-17-18(11-13)26-10-9-25-17/h3-6,11-12H,2,7-10H2,1H3,(H,20,24). The molecule has 0 bridgehead atoms. The number of amides is 1. The van der Waals surface area contributed by atoms with Gasteiger partial charge in [-0.05, 0) is 49.2 Å². The predicted molar refractivity (Wildman–Crippen MR) is 96.7 cm³/mol. The highest BCUT2D eigenvalue weighted by Crippen LogP contribution is 2.30. The van der Waals surface area contributed by atoms with Gasteiger partial charge in [0.1, 0.15) is 18.7 Å². The van der Waals surface area contributed by atoms with Crippen LogP contribution >= 0.6 is 0 Å². The summed E-state index contributed by atoms with van der Waals surface area (Å²) in [6.07, 6.45) is 0.719. The molecular weight excluding hydrogens is 332 g/mol. The minimum absolute atomic E-state index is 0.115. The van der Waals surface area contributed by atoms with Crippen molar-refractivity contribution in [2.24, 2.45) is 0 Å². The first-order valence-electron chi connectivity index (χ1n) is 8.74. The number of nitrogens with zero attached hydrogens (tertiary/aromatic N) is 3. The van der Waals surface area contributed by atoms with E-state index in [2.05, 4.69) is 15.6 Å². The van der Waals surface area contributed by atoms with Crippen molar-refractivity contribution in [1.82, 2.24) is 20.3 Å². The number of hydrogen-bond donors (Lipinski definition) is 1. The van der Waals surface area contributed by atoms with Gasteiger partial charge in [0.15, 0.2) is 11.5 Å². The average Bonchev–Trinajstić information content (AvgIpc) is 3.10. The van der Waals surface area contributed by atoms with Crippen molar-refractivity contribution >= 4 is 16.9 Å². The zero-order chi connectivity index (χ0) is 17.9. The van der Waals surface area contributed by atoms with Crippen LogP contribution in [0, 0.1) is 0 Å². The van der Waals surface area contributed by atoms with Crippen LogP contribution < -0.4 is 14.8 Å². The van der Waals surface area contributed by atoms with Crippen molar-refractivity contribution in [3.63, 3.8) is 0 Å². The van der Waals surface area contributed by atoms with Crippen molar-refractivity contribution in [2.75, 3.05) is 19.8 Å². The third-order valence-corrected chi connectivity index (χ3v) is 4.38. The van der Waals surface area contributed by atoms with Crippen molar-refractivity contribution in [2.45, 2.75) is 19.9 Å². The number of carbonyl (C=O) groups excluding carboxylic acids is 1. The van der Waals surface area contributed by atoms with Crippen LogP contribution in [0.5, 0.6) is 11.5 Å². The fraction of sp³-hybridized carbons (Fsp3) is 0.316. The number of aryl methyl sites for hydroxylation is 1. The highest BCUT2D eigenvalue weighted by atomic mass is 16.6. The normalized spacial score (nSPS) is 13.0. The predicted octanol–water partition coefficient (Wildman–Crippen LogP) is 2.19. The summed E-state index contributed by atoms with van der Waals surface area (Å²) in [4.78, 5) is 12.4. The van der Waals surface area contributed by atoms with E-state index in [0.29, 0.717) is 25.3 Å². The SMILES string of the molecule is CCn1nnc2cc(C(=O)NCCc3ccc4c(c3)OCCO4)ccc21. The van der Waals surface area contributed by atoms with Crippen molar-refractivity contribution < 1.29 is 14.3 Å². The van der Waals surface area contributed by atoms with Crippen LogP contribution in [0.1, 0.15) is 22.8 Å². The van der Waals surface area contributed by atoms with Gasteiger partial charge in [-0.3, -0.25) is 4.79 Å². The molecular formula is C19H20N4O3. The average molecular weight is 352 g/mol. The van der Waals surface area contributed by atoms with Crippen LogP contribution in [0.3, 0.4) is 0 Å². The molecule has 0 spiro atoms. The minimum atomic E-state index is -0.115. The molecule has 2 heterocycles. The van der Waals surface area contributed by atoms with E-state index in [1.165, 1.54) is 0 Å². The van der Waals surface area contributed by atoms with Crippen molar-refractivity contribution in [3.8, 4) is 11.5 Å². The molecule has 0 fully saturated rings. The smallest absolute Gasteiger partial charge is 0.251 e. The van der Waals surface area contributed by atoms with Gasteiger partial charge in [-0.1, -0.05) is 11.3 Å². The van der Waals surface area contributed by atoms with Gasteiger partial charge in [0.25, 0.3) is 5.91 Å². The molecule has 0 radical (unpaired) electrons. The zero-order valence-electron chi connectivity index (χ0n) is 14.6. The van der Waals surface area contributed by atoms with E-state index in [1.54, 1.807) is 16.8 Å². The highest BCUT2D eigenvalue weighted by Gasteiger charge is 2.12. The molecule has 1 aromatic heterocycles. The lowest BCUT2D eigenvalue weighted by molar-refractivity contribution is 0.0954. The van der Waals surface area contributed by atoms with Crippen LogP contribution in [-0.2, 0) is 13.0 Å². The third kappa shape index (κ3) is 3.20. The van der Waals surface area contributed by atoms with Gasteiger partial charge in [-0.25, -0.2) is 4.68 Å². The number of fused-ring (bicyclic) bond motifs is 2. The van der Waals surface area contributed by atoms with Gasteiger partial charge in [0.05, 0.1) is 5.52 Å². The fourth-order valence-electron chi connectivity index (χ4n) is 3.01. The molecule has 3 aromatic rings. The Morgan fingerprint density at radius 2 is 2.00 bits per heavy atom. The lowest BCUT2D eigenvalue weighted by Crippen LogP contribution is -2.25. The molecule has 0 aliphatic carbocycles. The molecule has 26 heavy (non-hydrogen) atoms. The van der Waals surface area contributed by atoms with E-state index in [-0.39, 0.29) is 5.91 Å². The Kier molecular flexibility index (Phi) is 4.43. The molecule has 0 saturated heterocycles. The molecule has 0 atom stereocenters. The number of aromatic nitrogens is 3. The number of hydrogen-bond acceptors (Lipinski definition) is 5. The Bertz CT molecular complexity index is 951. The first-order valence-corrected chi connectivity index (χ1v) is 8.74. The molecule has 1 N–H and O–H groups in total. The van der Waals surface area contributed by atoms with Gasteiger partial charge in [0, 0.05) is 18.7 Å². The summed E-state index contributed by atoms with van der Waals surface area (Å²) in [6, 6.07) is 11.3. The summed E-state index contributed by atoms with van der Waals surface area (Å²) in [7, 11) is 0. The Balaban J connectivity index is 1.38. The van der Waals surface area contributed by atoms with Crippen LogP contribution in [0.2, 0.25) is 0 Å². The van der Waals surface area contributed by atoms with Crippen LogP contribution in [0.25, 0.3) is 11.0 Å². The number of benzene rings is 2. The van der Waals surface area contributed by atoms with Gasteiger partial charge in [0.2, 0.25) is 0 Å². The molecule has 1 aliphatic rings. The number of rotatable bonds is 5. The van der Waals surface area contributed by atoms with Gasteiger partial charge in [-0.15, -0.1) is 5.10 Å². The summed E-state index contributed by atoms with van der Waals surface area (Å²) in [5, 5.41) is 11.1. The number of ether oxygens (including phenoxy) is 2. The van der Waals surface area contributed by atoms with Gasteiger partial charge < -0.3 is 14.8 Å². The highest BCUT2D eigenvalue weighted by molar-refractivity contribution is 5.97. The summed E-state index contributed by atoms with van der Waals surface area (Å²) in [6.45, 7) is 4.44. The molecule has 7 heteroatoms. The molecule has 1 amide bonds. The van der Waals surface area contributed by atoms with E-state index >= 15 is 0 Å². The topological polar surface area (TPSA) is 78.3 Å². The first kappa shape index (κ1) is 16.4. The van der Waals surface area contributed by atoms with E-state index in [0.717, 1.165) is 41.1 Å². The lowest BCUT2D eigenvalue weighted by atomic mass is 10.1. The van der Waals surface area contributed by atoms with Gasteiger partial charge in [-0.2, -0.15) is 0 Å². The van der Waals surface area contributed by atoms with E-state index in [4.69, 9.17) is 9.47 Å². The second-order valence-corrected chi connectivity index (χ2v) is 6.09. The molecule has 2 aromatic carbocycles. The minimum Gasteiger partial charge on any atom is -0.486 e. The second-order valence-electron chi connectivity index (χ2n) is 6.09. The van der Waals surface area contributed by atoms with Crippen LogP contribution in [-0.4, -0.2) is 40.7 Å². The summed E-state index contributed by atoms with van der Waals surface area (Å²) in [5.74, 6) is 1.43. The molecule has 0 saturated carbocycles. The van der Waals surface area contributed by atoms with E-state index in [1.807, 2.05) is 31.2 Å². The van der Waals surface area contributed by atoms with Crippen LogP contribution in [0.15, 0.2) is 36.4 Å². The van der Waals surface area contributed by atoms with Gasteiger partial charge >= 0.3 is 0 Å². The molecule has 7 nitrogen and oxygen atoms in total. The quantitative estimate of drug-likeness (QED) is 0.762. The largest absolute Gasteiger partial charge is 0.486 e. The third-order valence-electron chi connectivity index (χ3n) is 4.38. The van der Waals surface area contributed by atoms with E-state index in [9.17, 15) is 4.79 Å². The maximum atomic E-state index is 12.4. The Labute approximate surface area is 150 Å². The lowest BCUT2D eigenvalue weighted by Gasteiger charge is -2.18. The Morgan fingerprint density at radius 3 is 2.85 bits per heavy atom. The van der Waals surface area contributed by atoms with E-state index < -0.39 is 0 Å². The van der Waals surface area contributed by atoms with Crippen molar-refractivity contribution in [1.29, 1.82) is 0 Å². The molecule has 4 rings (SSSR count). The molecule has 0 unspecified atom stereocenters. The van der Waals surface area contributed by atoms with Crippen LogP contribution in [0.4, 0.5) is 0 Å². The number of carbonyl (C=O) groups is 1. The second kappa shape index (κ2) is 7.03. The Morgan fingerprint density at radius 1 is 1.15 bits per heavy atom. The zero-order valence-corrected chi connectivity index (χ0v) is 14.6.